The summed E-state index contributed by atoms with van der Waals surface area (Å²) in [6, 6.07) is 0. The topological polar surface area (TPSA) is 237 Å². The average Bonchev–Trinajstić information content (AvgIpc) is 1.13. The zero-order valence-electron chi connectivity index (χ0n) is 63.0. The average molecular weight is 1410 g/mol. The maximum atomic E-state index is 13.1. The second-order valence-electron chi connectivity index (χ2n) is 29.7. The van der Waals surface area contributed by atoms with Crippen LogP contribution in [0.25, 0.3) is 0 Å². The van der Waals surface area contributed by atoms with Gasteiger partial charge in [-0.25, -0.2) is 9.13 Å². The molecule has 0 aromatic carbocycles. The molecule has 17 nitrogen and oxygen atoms in total. The SMILES string of the molecule is CC(C)CCCCCCCCCCCCCCCCC(=O)O[C@H](COC(=O)CCCCCCCCCC(C)C)COP(=O)(O)OCC(O)COP(=O)(O)OC[C@@H](COC(=O)CCCCCCCCCCCCCCC(C)C)OC(=O)CCCCCCCCCCCCCC(C)C. The summed E-state index contributed by atoms with van der Waals surface area (Å²) in [4.78, 5) is 72.9. The highest BCUT2D eigenvalue weighted by atomic mass is 31.2. The molecule has 0 heterocycles. The van der Waals surface area contributed by atoms with Crippen molar-refractivity contribution in [3.05, 3.63) is 0 Å². The molecule has 0 rings (SSSR count). The van der Waals surface area contributed by atoms with Crippen molar-refractivity contribution >= 4 is 39.5 Å². The largest absolute Gasteiger partial charge is 0.472 e. The summed E-state index contributed by atoms with van der Waals surface area (Å²) in [5.41, 5.74) is 0. The Morgan fingerprint density at radius 3 is 0.646 bits per heavy atom. The van der Waals surface area contributed by atoms with Gasteiger partial charge in [0.05, 0.1) is 26.4 Å². The Morgan fingerprint density at radius 1 is 0.260 bits per heavy atom. The first-order chi connectivity index (χ1) is 46.1. The molecule has 0 radical (unpaired) electrons. The molecule has 0 saturated carbocycles. The molecule has 0 aliphatic rings. The van der Waals surface area contributed by atoms with E-state index in [1.54, 1.807) is 0 Å². The molecule has 19 heteroatoms. The summed E-state index contributed by atoms with van der Waals surface area (Å²) < 4.78 is 68.6. The molecule has 0 amide bonds. The van der Waals surface area contributed by atoms with Gasteiger partial charge in [-0.05, 0) is 49.4 Å². The van der Waals surface area contributed by atoms with Crippen LogP contribution in [-0.4, -0.2) is 96.7 Å². The van der Waals surface area contributed by atoms with Crippen molar-refractivity contribution in [1.82, 2.24) is 0 Å². The predicted octanol–water partition coefficient (Wildman–Crippen LogP) is 22.4. The van der Waals surface area contributed by atoms with Gasteiger partial charge < -0.3 is 33.8 Å². The molecular formula is C77H150O17P2. The maximum absolute atomic E-state index is 13.1. The number of rotatable bonds is 74. The third kappa shape index (κ3) is 70.5. The van der Waals surface area contributed by atoms with Crippen molar-refractivity contribution < 1.29 is 80.2 Å². The summed E-state index contributed by atoms with van der Waals surface area (Å²) in [6.07, 6.45) is 51.3. The standard InChI is InChI=1S/C77H150O17P2/c1-67(2)53-45-37-29-22-16-11-9-10-12-20-26-34-43-51-59-76(81)94-73(64-88-75(80)58-50-42-36-28-32-40-48-56-70(7)8)66-92-96(85,86)90-62-71(78)61-89-95(83,84)91-65-72(93-77(82)60-52-44-35-27-21-15-18-24-31-39-47-55-69(5)6)63-87-74(79)57-49-41-33-25-19-14-13-17-23-30-38-46-54-68(3)4/h67-73,78H,9-66H2,1-8H3,(H,83,84)(H,85,86)/t71?,72-,73-/m1/s1. The Morgan fingerprint density at radius 2 is 0.438 bits per heavy atom. The molecule has 0 aromatic heterocycles. The first-order valence-corrected chi connectivity index (χ1v) is 42.7. The Kier molecular flexibility index (Phi) is 65.0. The van der Waals surface area contributed by atoms with Gasteiger partial charge in [0, 0.05) is 25.7 Å². The fourth-order valence-corrected chi connectivity index (χ4v) is 13.3. The van der Waals surface area contributed by atoms with Crippen LogP contribution in [0.1, 0.15) is 389 Å². The molecule has 96 heavy (non-hydrogen) atoms. The van der Waals surface area contributed by atoms with E-state index in [9.17, 15) is 43.2 Å². The highest BCUT2D eigenvalue weighted by molar-refractivity contribution is 7.47. The fourth-order valence-electron chi connectivity index (χ4n) is 11.7. The van der Waals surface area contributed by atoms with E-state index >= 15 is 0 Å². The third-order valence-corrected chi connectivity index (χ3v) is 19.7. The molecule has 0 fully saturated rings. The minimum absolute atomic E-state index is 0.106. The predicted molar refractivity (Wildman–Crippen MR) is 391 cm³/mol. The number of aliphatic hydroxyl groups is 1. The highest BCUT2D eigenvalue weighted by Crippen LogP contribution is 2.45. The second kappa shape index (κ2) is 66.3. The van der Waals surface area contributed by atoms with Crippen molar-refractivity contribution in [1.29, 1.82) is 0 Å². The molecule has 3 unspecified atom stereocenters. The van der Waals surface area contributed by atoms with Gasteiger partial charge in [-0.1, -0.05) is 338 Å². The molecule has 0 aromatic rings. The molecule has 5 atom stereocenters. The number of esters is 4. The molecule has 0 bridgehead atoms. The van der Waals surface area contributed by atoms with E-state index in [-0.39, 0.29) is 25.7 Å². The van der Waals surface area contributed by atoms with Crippen LogP contribution < -0.4 is 0 Å². The van der Waals surface area contributed by atoms with Crippen molar-refractivity contribution in [2.24, 2.45) is 23.7 Å². The zero-order valence-corrected chi connectivity index (χ0v) is 64.8. The van der Waals surface area contributed by atoms with E-state index in [1.165, 1.54) is 186 Å². The second-order valence-corrected chi connectivity index (χ2v) is 32.6. The monoisotopic (exact) mass is 1410 g/mol. The number of carbonyl (C=O) groups excluding carboxylic acids is 4. The van der Waals surface area contributed by atoms with Crippen LogP contribution in [0.5, 0.6) is 0 Å². The lowest BCUT2D eigenvalue weighted by Crippen LogP contribution is -2.30. The van der Waals surface area contributed by atoms with Crippen LogP contribution in [0.15, 0.2) is 0 Å². The summed E-state index contributed by atoms with van der Waals surface area (Å²) >= 11 is 0. The Bertz CT molecular complexity index is 1880. The van der Waals surface area contributed by atoms with E-state index in [1.807, 2.05) is 0 Å². The number of hydrogen-bond acceptors (Lipinski definition) is 15. The van der Waals surface area contributed by atoms with Crippen molar-refractivity contribution in [3.63, 3.8) is 0 Å². The summed E-state index contributed by atoms with van der Waals surface area (Å²) in [7, 11) is -9.92. The van der Waals surface area contributed by atoms with Gasteiger partial charge in [-0.15, -0.1) is 0 Å². The molecular weight excluding hydrogens is 1260 g/mol. The Hall–Kier alpha value is -1.94. The van der Waals surface area contributed by atoms with Crippen molar-refractivity contribution in [3.8, 4) is 0 Å². The van der Waals surface area contributed by atoms with Gasteiger partial charge >= 0.3 is 39.5 Å². The van der Waals surface area contributed by atoms with Gasteiger partial charge in [0.25, 0.3) is 0 Å². The van der Waals surface area contributed by atoms with Crippen molar-refractivity contribution in [2.75, 3.05) is 39.6 Å². The molecule has 0 spiro atoms. The fraction of sp³-hybridized carbons (Fsp3) is 0.948. The van der Waals surface area contributed by atoms with Crippen molar-refractivity contribution in [2.45, 2.75) is 408 Å². The number of aliphatic hydroxyl groups excluding tert-OH is 1. The van der Waals surface area contributed by atoms with Crippen LogP contribution in [0.3, 0.4) is 0 Å². The Balaban J connectivity index is 5.25. The molecule has 0 aliphatic carbocycles. The van der Waals surface area contributed by atoms with Crippen LogP contribution in [-0.2, 0) is 65.4 Å². The number of phosphoric acid groups is 2. The summed E-state index contributed by atoms with van der Waals surface area (Å²) in [5.74, 6) is 0.928. The number of carbonyl (C=O) groups is 4. The van der Waals surface area contributed by atoms with E-state index in [2.05, 4.69) is 55.4 Å². The minimum Gasteiger partial charge on any atom is -0.462 e. The normalized spacial score (nSPS) is 14.1. The molecule has 0 saturated heterocycles. The van der Waals surface area contributed by atoms with Crippen LogP contribution >= 0.6 is 15.6 Å². The van der Waals surface area contributed by atoms with Crippen LogP contribution in [0.2, 0.25) is 0 Å². The third-order valence-electron chi connectivity index (χ3n) is 17.8. The first-order valence-electron chi connectivity index (χ1n) is 39.7. The minimum atomic E-state index is -4.96. The number of unbranched alkanes of at least 4 members (excludes halogenated alkanes) is 40. The summed E-state index contributed by atoms with van der Waals surface area (Å²) in [5, 5.41) is 10.6. The van der Waals surface area contributed by atoms with Gasteiger partial charge in [-0.3, -0.25) is 37.3 Å². The quantitative estimate of drug-likeness (QED) is 0.0222. The van der Waals surface area contributed by atoms with Crippen LogP contribution in [0.4, 0.5) is 0 Å². The highest BCUT2D eigenvalue weighted by Gasteiger charge is 2.30. The van der Waals surface area contributed by atoms with Crippen LogP contribution in [0, 0.1) is 23.7 Å². The number of phosphoric ester groups is 2. The smallest absolute Gasteiger partial charge is 0.462 e. The van der Waals surface area contributed by atoms with Gasteiger partial charge in [-0.2, -0.15) is 0 Å². The zero-order chi connectivity index (χ0) is 71.0. The summed E-state index contributed by atoms with van der Waals surface area (Å²) in [6.45, 7) is 14.2. The number of ether oxygens (including phenoxy) is 4. The number of hydrogen-bond donors (Lipinski definition) is 3. The van der Waals surface area contributed by atoms with E-state index in [0.717, 1.165) is 114 Å². The molecule has 3 N–H and O–H groups in total. The molecule has 570 valence electrons. The van der Waals surface area contributed by atoms with Gasteiger partial charge in [0.2, 0.25) is 0 Å². The van der Waals surface area contributed by atoms with Gasteiger partial charge in [0.1, 0.15) is 19.3 Å². The first kappa shape index (κ1) is 94.1. The lowest BCUT2D eigenvalue weighted by molar-refractivity contribution is -0.161. The molecule has 0 aliphatic heterocycles. The lowest BCUT2D eigenvalue weighted by atomic mass is 10.0. The Labute approximate surface area is 588 Å². The lowest BCUT2D eigenvalue weighted by Gasteiger charge is -2.21. The van der Waals surface area contributed by atoms with E-state index in [0.29, 0.717) is 31.6 Å². The van der Waals surface area contributed by atoms with E-state index in [4.69, 9.17) is 37.0 Å². The maximum Gasteiger partial charge on any atom is 0.472 e. The van der Waals surface area contributed by atoms with E-state index < -0.39 is 97.5 Å². The van der Waals surface area contributed by atoms with Gasteiger partial charge in [0.15, 0.2) is 12.2 Å².